The third-order valence-electron chi connectivity index (χ3n) is 2.98. The van der Waals surface area contributed by atoms with E-state index in [0.717, 1.165) is 0 Å². The number of rotatable bonds is 5. The summed E-state index contributed by atoms with van der Waals surface area (Å²) < 4.78 is 42.5. The highest BCUT2D eigenvalue weighted by Crippen LogP contribution is 2.22. The largest absolute Gasteiger partial charge is 0.316 e. The van der Waals surface area contributed by atoms with Crippen LogP contribution in [0.3, 0.4) is 0 Å². The average molecular weight is 312 g/mol. The molecule has 6 nitrogen and oxygen atoms in total. The van der Waals surface area contributed by atoms with Crippen molar-refractivity contribution in [2.24, 2.45) is 7.05 Å². The fourth-order valence-corrected chi connectivity index (χ4v) is 3.26. The highest BCUT2D eigenvalue weighted by molar-refractivity contribution is 7.92. The summed E-state index contributed by atoms with van der Waals surface area (Å²) in [6.45, 7) is 1.81. The maximum absolute atomic E-state index is 13.9. The summed E-state index contributed by atoms with van der Waals surface area (Å²) in [5, 5.41) is 6.82. The molecule has 0 unspecified atom stereocenters. The van der Waals surface area contributed by atoms with Crippen LogP contribution < -0.4 is 10.0 Å². The van der Waals surface area contributed by atoms with E-state index in [0.29, 0.717) is 12.1 Å². The highest BCUT2D eigenvalue weighted by atomic mass is 32.2. The Hall–Kier alpha value is -1.93. The molecule has 0 bridgehead atoms. The van der Waals surface area contributed by atoms with Crippen LogP contribution in [0.4, 0.5) is 10.2 Å². The second kappa shape index (κ2) is 5.82. The van der Waals surface area contributed by atoms with Crippen molar-refractivity contribution in [3.05, 3.63) is 41.3 Å². The molecule has 21 heavy (non-hydrogen) atoms. The summed E-state index contributed by atoms with van der Waals surface area (Å²) in [4.78, 5) is -0.0848. The molecule has 8 heteroatoms. The SMILES string of the molecule is CNCc1cc(F)c(C)c(S(=O)(=O)Nc2ccn(C)n2)c1. The van der Waals surface area contributed by atoms with Crippen LogP contribution in [0.5, 0.6) is 0 Å². The fraction of sp³-hybridized carbons (Fsp3) is 0.308. The second-order valence-corrected chi connectivity index (χ2v) is 6.36. The summed E-state index contributed by atoms with van der Waals surface area (Å²) in [5.74, 6) is -0.361. The topological polar surface area (TPSA) is 76.0 Å². The normalized spacial score (nSPS) is 11.6. The molecule has 0 amide bonds. The van der Waals surface area contributed by atoms with E-state index in [1.54, 1.807) is 20.3 Å². The van der Waals surface area contributed by atoms with E-state index in [2.05, 4.69) is 15.1 Å². The average Bonchev–Trinajstić information content (AvgIpc) is 2.78. The minimum absolute atomic E-state index is 0.0817. The molecule has 0 saturated heterocycles. The number of hydrogen-bond acceptors (Lipinski definition) is 4. The Kier molecular flexibility index (Phi) is 4.29. The lowest BCUT2D eigenvalue weighted by atomic mass is 10.1. The van der Waals surface area contributed by atoms with Gasteiger partial charge >= 0.3 is 0 Å². The Balaban J connectivity index is 2.43. The predicted octanol–water partition coefficient (Wildman–Crippen LogP) is 1.39. The van der Waals surface area contributed by atoms with Gasteiger partial charge in [-0.2, -0.15) is 5.10 Å². The van der Waals surface area contributed by atoms with Gasteiger partial charge in [-0.05, 0) is 31.7 Å². The lowest BCUT2D eigenvalue weighted by molar-refractivity contribution is 0.588. The van der Waals surface area contributed by atoms with Gasteiger partial charge in [-0.3, -0.25) is 9.40 Å². The van der Waals surface area contributed by atoms with Gasteiger partial charge in [0.2, 0.25) is 0 Å². The first-order valence-electron chi connectivity index (χ1n) is 6.29. The van der Waals surface area contributed by atoms with Crippen molar-refractivity contribution >= 4 is 15.8 Å². The summed E-state index contributed by atoms with van der Waals surface area (Å²) in [6, 6.07) is 4.31. The first kappa shape index (κ1) is 15.5. The zero-order valence-corrected chi connectivity index (χ0v) is 12.8. The third kappa shape index (κ3) is 3.40. The number of hydrogen-bond donors (Lipinski definition) is 2. The minimum Gasteiger partial charge on any atom is -0.316 e. The number of aromatic nitrogens is 2. The first-order valence-corrected chi connectivity index (χ1v) is 7.78. The van der Waals surface area contributed by atoms with E-state index in [1.807, 2.05) is 0 Å². The summed E-state index contributed by atoms with van der Waals surface area (Å²) in [7, 11) is -0.504. The van der Waals surface area contributed by atoms with Gasteiger partial charge in [-0.15, -0.1) is 0 Å². The Morgan fingerprint density at radius 2 is 2.10 bits per heavy atom. The third-order valence-corrected chi connectivity index (χ3v) is 4.46. The second-order valence-electron chi connectivity index (χ2n) is 4.71. The maximum Gasteiger partial charge on any atom is 0.263 e. The molecule has 1 aromatic heterocycles. The van der Waals surface area contributed by atoms with Crippen LogP contribution in [-0.2, 0) is 23.6 Å². The summed E-state index contributed by atoms with van der Waals surface area (Å²) >= 11 is 0. The van der Waals surface area contributed by atoms with Crippen LogP contribution in [0.2, 0.25) is 0 Å². The van der Waals surface area contributed by atoms with Crippen molar-refractivity contribution in [1.29, 1.82) is 0 Å². The quantitative estimate of drug-likeness (QED) is 0.875. The zero-order valence-electron chi connectivity index (χ0n) is 12.0. The molecule has 0 aliphatic rings. The first-order chi connectivity index (χ1) is 9.83. The van der Waals surface area contributed by atoms with Crippen molar-refractivity contribution in [3.63, 3.8) is 0 Å². The highest BCUT2D eigenvalue weighted by Gasteiger charge is 2.21. The maximum atomic E-state index is 13.9. The monoisotopic (exact) mass is 312 g/mol. The van der Waals surface area contributed by atoms with Crippen molar-refractivity contribution in [2.75, 3.05) is 11.8 Å². The van der Waals surface area contributed by atoms with Gasteiger partial charge in [0.15, 0.2) is 5.82 Å². The summed E-state index contributed by atoms with van der Waals surface area (Å²) in [5.41, 5.74) is 0.639. The number of sulfonamides is 1. The van der Waals surface area contributed by atoms with E-state index in [9.17, 15) is 12.8 Å². The van der Waals surface area contributed by atoms with Crippen LogP contribution in [0.25, 0.3) is 0 Å². The molecule has 1 heterocycles. The van der Waals surface area contributed by atoms with Crippen LogP contribution in [-0.4, -0.2) is 25.2 Å². The molecule has 2 rings (SSSR count). The molecule has 2 aromatic rings. The van der Waals surface area contributed by atoms with Crippen molar-refractivity contribution < 1.29 is 12.8 Å². The van der Waals surface area contributed by atoms with Crippen molar-refractivity contribution in [1.82, 2.24) is 15.1 Å². The molecular formula is C13H17FN4O2S. The fourth-order valence-electron chi connectivity index (χ4n) is 1.95. The molecule has 0 aliphatic carbocycles. The van der Waals surface area contributed by atoms with Crippen LogP contribution >= 0.6 is 0 Å². The molecule has 0 spiro atoms. The molecule has 0 saturated carbocycles. The molecular weight excluding hydrogens is 295 g/mol. The van der Waals surface area contributed by atoms with E-state index in [-0.39, 0.29) is 16.3 Å². The number of aryl methyl sites for hydroxylation is 1. The predicted molar refractivity (Wildman–Crippen MR) is 77.9 cm³/mol. The van der Waals surface area contributed by atoms with Crippen LogP contribution in [0.1, 0.15) is 11.1 Å². The van der Waals surface area contributed by atoms with E-state index in [1.165, 1.54) is 29.8 Å². The van der Waals surface area contributed by atoms with E-state index >= 15 is 0 Å². The number of nitrogens with one attached hydrogen (secondary N) is 2. The molecule has 0 aliphatic heterocycles. The standard InChI is InChI=1S/C13H17FN4O2S/c1-9-11(14)6-10(8-15-2)7-12(9)21(19,20)17-13-4-5-18(3)16-13/h4-7,15H,8H2,1-3H3,(H,16,17). The van der Waals surface area contributed by atoms with Gasteiger partial charge in [-0.1, -0.05) is 0 Å². The van der Waals surface area contributed by atoms with Gasteiger partial charge in [0.1, 0.15) is 5.82 Å². The Labute approximate surface area is 123 Å². The molecule has 0 fully saturated rings. The van der Waals surface area contributed by atoms with Crippen molar-refractivity contribution in [3.8, 4) is 0 Å². The molecule has 0 atom stereocenters. The zero-order chi connectivity index (χ0) is 15.6. The summed E-state index contributed by atoms with van der Waals surface area (Å²) in [6.07, 6.45) is 1.61. The molecule has 114 valence electrons. The molecule has 2 N–H and O–H groups in total. The van der Waals surface area contributed by atoms with Gasteiger partial charge in [0.05, 0.1) is 4.90 Å². The smallest absolute Gasteiger partial charge is 0.263 e. The van der Waals surface area contributed by atoms with E-state index < -0.39 is 15.8 Å². The van der Waals surface area contributed by atoms with Crippen LogP contribution in [0, 0.1) is 12.7 Å². The van der Waals surface area contributed by atoms with E-state index in [4.69, 9.17) is 0 Å². The number of benzene rings is 1. The van der Waals surface area contributed by atoms with Gasteiger partial charge < -0.3 is 5.32 Å². The van der Waals surface area contributed by atoms with Crippen molar-refractivity contribution in [2.45, 2.75) is 18.4 Å². The number of anilines is 1. The van der Waals surface area contributed by atoms with Gasteiger partial charge in [0, 0.05) is 31.4 Å². The Bertz CT molecular complexity index is 756. The number of nitrogens with zero attached hydrogens (tertiary/aromatic N) is 2. The van der Waals surface area contributed by atoms with Gasteiger partial charge in [0.25, 0.3) is 10.0 Å². The van der Waals surface area contributed by atoms with Crippen LogP contribution in [0.15, 0.2) is 29.3 Å². The lowest BCUT2D eigenvalue weighted by Gasteiger charge is -2.11. The number of halogens is 1. The molecule has 0 radical (unpaired) electrons. The Morgan fingerprint density at radius 3 is 2.67 bits per heavy atom. The molecule has 1 aromatic carbocycles. The lowest BCUT2D eigenvalue weighted by Crippen LogP contribution is -2.17. The van der Waals surface area contributed by atoms with Gasteiger partial charge in [-0.25, -0.2) is 12.8 Å². The Morgan fingerprint density at radius 1 is 1.38 bits per heavy atom. The minimum atomic E-state index is -3.89.